The summed E-state index contributed by atoms with van der Waals surface area (Å²) < 4.78 is 18.0. The van der Waals surface area contributed by atoms with Gasteiger partial charge in [0, 0.05) is 13.1 Å². The minimum Gasteiger partial charge on any atom is -0.493 e. The van der Waals surface area contributed by atoms with Gasteiger partial charge in [0.2, 0.25) is 11.6 Å². The lowest BCUT2D eigenvalue weighted by atomic mass is 10.3. The van der Waals surface area contributed by atoms with Gasteiger partial charge in [0.1, 0.15) is 0 Å². The first-order chi connectivity index (χ1) is 8.26. The van der Waals surface area contributed by atoms with Crippen molar-refractivity contribution in [3.8, 4) is 23.1 Å². The van der Waals surface area contributed by atoms with Crippen molar-refractivity contribution in [3.05, 3.63) is 36.5 Å². The molecule has 0 spiro atoms. The molecule has 0 amide bonds. The Balaban J connectivity index is 2.36. The third kappa shape index (κ3) is 2.20. The molecule has 89 valence electrons. The SMILES string of the molecule is COc1cccc(Oc2cc[c]n2C)c1OC. The fourth-order valence-electron chi connectivity index (χ4n) is 1.55. The van der Waals surface area contributed by atoms with Crippen molar-refractivity contribution in [1.82, 2.24) is 4.57 Å². The molecule has 0 aliphatic rings. The summed E-state index contributed by atoms with van der Waals surface area (Å²) >= 11 is 0. The Bertz CT molecular complexity index is 505. The Morgan fingerprint density at radius 3 is 2.41 bits per heavy atom. The normalized spacial score (nSPS) is 10.1. The highest BCUT2D eigenvalue weighted by Gasteiger charge is 2.12. The minimum absolute atomic E-state index is 0.580. The van der Waals surface area contributed by atoms with Crippen LogP contribution in [0, 0.1) is 6.20 Å². The summed E-state index contributed by atoms with van der Waals surface area (Å²) in [6.07, 6.45) is 2.97. The van der Waals surface area contributed by atoms with Gasteiger partial charge in [-0.05, 0) is 18.2 Å². The zero-order valence-corrected chi connectivity index (χ0v) is 10.1. The molecule has 17 heavy (non-hydrogen) atoms. The maximum atomic E-state index is 5.74. The van der Waals surface area contributed by atoms with Crippen LogP contribution in [0.4, 0.5) is 0 Å². The van der Waals surface area contributed by atoms with Gasteiger partial charge in [0.15, 0.2) is 11.5 Å². The molecule has 0 saturated heterocycles. The molecule has 2 rings (SSSR count). The van der Waals surface area contributed by atoms with E-state index < -0.39 is 0 Å². The van der Waals surface area contributed by atoms with Gasteiger partial charge in [-0.2, -0.15) is 0 Å². The second kappa shape index (κ2) is 4.82. The van der Waals surface area contributed by atoms with Crippen molar-refractivity contribution < 1.29 is 14.2 Å². The maximum Gasteiger partial charge on any atom is 0.204 e. The van der Waals surface area contributed by atoms with E-state index in [1.165, 1.54) is 0 Å². The second-order valence-corrected chi connectivity index (χ2v) is 3.45. The van der Waals surface area contributed by atoms with E-state index in [2.05, 4.69) is 6.20 Å². The van der Waals surface area contributed by atoms with Crippen molar-refractivity contribution in [2.45, 2.75) is 0 Å². The summed E-state index contributed by atoms with van der Waals surface area (Å²) in [5, 5.41) is 0. The molecule has 0 fully saturated rings. The van der Waals surface area contributed by atoms with E-state index in [1.54, 1.807) is 24.9 Å². The van der Waals surface area contributed by atoms with Crippen LogP contribution < -0.4 is 14.2 Å². The number of aromatic nitrogens is 1. The fourth-order valence-corrected chi connectivity index (χ4v) is 1.55. The number of aryl methyl sites for hydroxylation is 1. The van der Waals surface area contributed by atoms with Crippen LogP contribution in [0.1, 0.15) is 0 Å². The number of para-hydroxylation sites is 1. The first kappa shape index (κ1) is 11.4. The Morgan fingerprint density at radius 1 is 1.06 bits per heavy atom. The molecule has 1 radical (unpaired) electrons. The van der Waals surface area contributed by atoms with Crippen LogP contribution in [0.5, 0.6) is 23.1 Å². The van der Waals surface area contributed by atoms with Crippen molar-refractivity contribution in [2.75, 3.05) is 14.2 Å². The van der Waals surface area contributed by atoms with E-state index in [0.717, 1.165) is 0 Å². The molecule has 0 bridgehead atoms. The molecule has 4 heteroatoms. The Morgan fingerprint density at radius 2 is 1.82 bits per heavy atom. The summed E-state index contributed by atoms with van der Waals surface area (Å²) in [5.41, 5.74) is 0. The van der Waals surface area contributed by atoms with E-state index in [1.807, 2.05) is 31.3 Å². The average Bonchev–Trinajstić information content (AvgIpc) is 2.74. The van der Waals surface area contributed by atoms with Crippen LogP contribution >= 0.6 is 0 Å². The van der Waals surface area contributed by atoms with Gasteiger partial charge in [-0.15, -0.1) is 0 Å². The lowest BCUT2D eigenvalue weighted by Crippen LogP contribution is -1.96. The highest BCUT2D eigenvalue weighted by atomic mass is 16.5. The highest BCUT2D eigenvalue weighted by molar-refractivity contribution is 5.52. The molecule has 0 atom stereocenters. The van der Waals surface area contributed by atoms with Crippen LogP contribution in [0.2, 0.25) is 0 Å². The van der Waals surface area contributed by atoms with Gasteiger partial charge < -0.3 is 18.8 Å². The van der Waals surface area contributed by atoms with Gasteiger partial charge in [-0.25, -0.2) is 0 Å². The number of benzene rings is 1. The molecule has 2 aromatic rings. The van der Waals surface area contributed by atoms with Gasteiger partial charge in [0.05, 0.1) is 20.4 Å². The number of hydrogen-bond acceptors (Lipinski definition) is 3. The third-order valence-electron chi connectivity index (χ3n) is 2.41. The van der Waals surface area contributed by atoms with Gasteiger partial charge in [-0.3, -0.25) is 0 Å². The lowest BCUT2D eigenvalue weighted by molar-refractivity contribution is 0.332. The number of rotatable bonds is 4. The monoisotopic (exact) mass is 232 g/mol. The van der Waals surface area contributed by atoms with Crippen LogP contribution in [0.25, 0.3) is 0 Å². The number of ether oxygens (including phenoxy) is 3. The Hall–Kier alpha value is -2.10. The molecule has 1 aromatic carbocycles. The van der Waals surface area contributed by atoms with E-state index in [4.69, 9.17) is 14.2 Å². The fraction of sp³-hybridized carbons (Fsp3) is 0.231. The van der Waals surface area contributed by atoms with Crippen LogP contribution in [0.15, 0.2) is 30.3 Å². The minimum atomic E-state index is 0.580. The zero-order chi connectivity index (χ0) is 12.3. The van der Waals surface area contributed by atoms with Crippen molar-refractivity contribution in [1.29, 1.82) is 0 Å². The molecule has 0 unspecified atom stereocenters. The van der Waals surface area contributed by atoms with Gasteiger partial charge in [0.25, 0.3) is 0 Å². The first-order valence-corrected chi connectivity index (χ1v) is 5.18. The summed E-state index contributed by atoms with van der Waals surface area (Å²) in [6, 6.07) is 9.13. The van der Waals surface area contributed by atoms with E-state index >= 15 is 0 Å². The smallest absolute Gasteiger partial charge is 0.204 e. The van der Waals surface area contributed by atoms with E-state index in [-0.39, 0.29) is 0 Å². The number of hydrogen-bond donors (Lipinski definition) is 0. The quantitative estimate of drug-likeness (QED) is 0.812. The predicted molar refractivity (Wildman–Crippen MR) is 63.9 cm³/mol. The van der Waals surface area contributed by atoms with Gasteiger partial charge >= 0.3 is 0 Å². The molecule has 0 N–H and O–H groups in total. The molecule has 0 aliphatic heterocycles. The largest absolute Gasteiger partial charge is 0.493 e. The molecule has 0 saturated carbocycles. The van der Waals surface area contributed by atoms with Crippen molar-refractivity contribution in [3.63, 3.8) is 0 Å². The number of methoxy groups -OCH3 is 2. The predicted octanol–water partition coefficient (Wildman–Crippen LogP) is 2.63. The average molecular weight is 232 g/mol. The van der Waals surface area contributed by atoms with Crippen molar-refractivity contribution >= 4 is 0 Å². The highest BCUT2D eigenvalue weighted by Crippen LogP contribution is 2.38. The number of nitrogens with zero attached hydrogens (tertiary/aromatic N) is 1. The summed E-state index contributed by atoms with van der Waals surface area (Å²) in [4.78, 5) is 0. The molecule has 0 aliphatic carbocycles. The van der Waals surface area contributed by atoms with E-state index in [0.29, 0.717) is 23.1 Å². The summed E-state index contributed by atoms with van der Waals surface area (Å²) in [7, 11) is 5.04. The first-order valence-electron chi connectivity index (χ1n) is 5.18. The summed E-state index contributed by atoms with van der Waals surface area (Å²) in [5.74, 6) is 2.53. The lowest BCUT2D eigenvalue weighted by Gasteiger charge is -2.13. The molecular formula is C13H14NO3. The van der Waals surface area contributed by atoms with Gasteiger partial charge in [-0.1, -0.05) is 6.07 Å². The topological polar surface area (TPSA) is 32.6 Å². The Kier molecular flexibility index (Phi) is 3.23. The zero-order valence-electron chi connectivity index (χ0n) is 10.1. The second-order valence-electron chi connectivity index (χ2n) is 3.45. The molecule has 1 heterocycles. The van der Waals surface area contributed by atoms with E-state index in [9.17, 15) is 0 Å². The molecular weight excluding hydrogens is 218 g/mol. The van der Waals surface area contributed by atoms with Crippen LogP contribution in [-0.2, 0) is 7.05 Å². The maximum absolute atomic E-state index is 5.74. The van der Waals surface area contributed by atoms with Crippen LogP contribution in [0.3, 0.4) is 0 Å². The Labute approximate surface area is 100 Å². The summed E-state index contributed by atoms with van der Waals surface area (Å²) in [6.45, 7) is 0. The molecule has 4 nitrogen and oxygen atoms in total. The van der Waals surface area contributed by atoms with Crippen molar-refractivity contribution in [2.24, 2.45) is 7.05 Å². The van der Waals surface area contributed by atoms with Crippen LogP contribution in [-0.4, -0.2) is 18.8 Å². The third-order valence-corrected chi connectivity index (χ3v) is 2.41. The standard InChI is InChI=1S/C13H14NO3/c1-14-9-5-8-12(14)17-11-7-4-6-10(15-2)13(11)16-3/h4-8H,1-3H3. The molecule has 1 aromatic heterocycles.